The molecule has 0 aliphatic carbocycles. The Balaban J connectivity index is 1.68. The Morgan fingerprint density at radius 1 is 0.640 bits per heavy atom. The second-order valence-corrected chi connectivity index (χ2v) is 6.32. The average molecular weight is 324 g/mol. The van der Waals surface area contributed by atoms with Gasteiger partial charge in [0.1, 0.15) is 17.3 Å². The molecule has 0 saturated carbocycles. The summed E-state index contributed by atoms with van der Waals surface area (Å²) in [6, 6.07) is 28.1. The summed E-state index contributed by atoms with van der Waals surface area (Å²) in [7, 11) is 0. The van der Waals surface area contributed by atoms with Crippen LogP contribution in [0, 0.1) is 0 Å². The predicted octanol–water partition coefficient (Wildman–Crippen LogP) is 5.82. The molecule has 0 radical (unpaired) electrons. The smallest absolute Gasteiger partial charge is 0.135 e. The Kier molecular flexibility index (Phi) is 3.12. The Bertz CT molecular complexity index is 1210. The minimum atomic E-state index is -0.691. The van der Waals surface area contributed by atoms with Crippen LogP contribution in [0.4, 0.5) is 0 Å². The normalized spacial score (nSPS) is 12.8. The van der Waals surface area contributed by atoms with Crippen LogP contribution in [0.25, 0.3) is 32.7 Å². The molecule has 5 aromatic rings. The van der Waals surface area contributed by atoms with Gasteiger partial charge in [0.2, 0.25) is 0 Å². The summed E-state index contributed by atoms with van der Waals surface area (Å²) in [5.74, 6) is 0. The predicted molar refractivity (Wildman–Crippen MR) is 102 cm³/mol. The number of rotatable bonds is 2. The number of hydrogen-bond acceptors (Lipinski definition) is 2. The van der Waals surface area contributed by atoms with E-state index in [-0.39, 0.29) is 0 Å². The van der Waals surface area contributed by atoms with Crippen LogP contribution in [0.1, 0.15) is 17.2 Å². The third-order valence-corrected chi connectivity index (χ3v) is 4.84. The zero-order chi connectivity index (χ0) is 16.8. The van der Waals surface area contributed by atoms with Crippen molar-refractivity contribution in [2.45, 2.75) is 6.10 Å². The lowest BCUT2D eigenvalue weighted by Crippen LogP contribution is -2.00. The highest BCUT2D eigenvalue weighted by Gasteiger charge is 2.15. The average Bonchev–Trinajstić information content (AvgIpc) is 3.04. The first-order valence-corrected chi connectivity index (χ1v) is 8.38. The largest absolute Gasteiger partial charge is 0.456 e. The highest BCUT2D eigenvalue weighted by Crippen LogP contribution is 2.33. The van der Waals surface area contributed by atoms with Crippen molar-refractivity contribution in [1.82, 2.24) is 0 Å². The van der Waals surface area contributed by atoms with Gasteiger partial charge in [-0.15, -0.1) is 0 Å². The van der Waals surface area contributed by atoms with Gasteiger partial charge in [0, 0.05) is 10.8 Å². The fourth-order valence-corrected chi connectivity index (χ4v) is 3.58. The van der Waals surface area contributed by atoms with Crippen LogP contribution in [0.15, 0.2) is 89.3 Å². The minimum absolute atomic E-state index is 0.691. The van der Waals surface area contributed by atoms with Crippen LogP contribution in [0.3, 0.4) is 0 Å². The summed E-state index contributed by atoms with van der Waals surface area (Å²) in [5.41, 5.74) is 3.42. The molecule has 1 atom stereocenters. The van der Waals surface area contributed by atoms with Crippen LogP contribution >= 0.6 is 0 Å². The Hall–Kier alpha value is -3.10. The number of aliphatic hydroxyl groups is 1. The monoisotopic (exact) mass is 324 g/mol. The summed E-state index contributed by atoms with van der Waals surface area (Å²) in [5, 5.41) is 15.4. The maximum absolute atomic E-state index is 11.0. The Morgan fingerprint density at radius 3 is 2.28 bits per heavy atom. The molecule has 25 heavy (non-hydrogen) atoms. The third kappa shape index (κ3) is 2.23. The first kappa shape index (κ1) is 14.3. The summed E-state index contributed by atoms with van der Waals surface area (Å²) in [6.07, 6.45) is -0.691. The lowest BCUT2D eigenvalue weighted by molar-refractivity contribution is 0.222. The van der Waals surface area contributed by atoms with Crippen LogP contribution in [0.2, 0.25) is 0 Å². The number of para-hydroxylation sites is 1. The van der Waals surface area contributed by atoms with Gasteiger partial charge in [-0.3, -0.25) is 0 Å². The van der Waals surface area contributed by atoms with Crippen LogP contribution in [-0.4, -0.2) is 5.11 Å². The standard InChI is InChI=1S/C23H16O2/c24-23(20-10-5-7-15-6-1-2-8-17(15)20)16-12-13-19-18-9-3-4-11-21(18)25-22(19)14-16/h1-14,23-24H/t23-/m1/s1. The molecular formula is C23H16O2. The third-order valence-electron chi connectivity index (χ3n) is 4.84. The maximum atomic E-state index is 11.0. The molecule has 0 aliphatic rings. The second-order valence-electron chi connectivity index (χ2n) is 6.32. The van der Waals surface area contributed by atoms with Gasteiger partial charge in [0.05, 0.1) is 0 Å². The van der Waals surface area contributed by atoms with E-state index in [0.29, 0.717) is 0 Å². The summed E-state index contributed by atoms with van der Waals surface area (Å²) in [4.78, 5) is 0. The number of furan rings is 1. The van der Waals surface area contributed by atoms with E-state index in [9.17, 15) is 5.11 Å². The fraction of sp³-hybridized carbons (Fsp3) is 0.0435. The molecule has 4 aromatic carbocycles. The first-order valence-electron chi connectivity index (χ1n) is 8.38. The van der Waals surface area contributed by atoms with Gasteiger partial charge in [-0.05, 0) is 34.0 Å². The number of hydrogen-bond donors (Lipinski definition) is 1. The molecule has 0 spiro atoms. The molecule has 120 valence electrons. The van der Waals surface area contributed by atoms with Gasteiger partial charge < -0.3 is 9.52 Å². The molecule has 0 amide bonds. The van der Waals surface area contributed by atoms with Gasteiger partial charge >= 0.3 is 0 Å². The molecule has 0 saturated heterocycles. The van der Waals surface area contributed by atoms with Crippen molar-refractivity contribution in [2.24, 2.45) is 0 Å². The molecule has 2 nitrogen and oxygen atoms in total. The summed E-state index contributed by atoms with van der Waals surface area (Å²) >= 11 is 0. The van der Waals surface area contributed by atoms with E-state index in [4.69, 9.17) is 4.42 Å². The number of benzene rings is 4. The molecule has 1 N–H and O–H groups in total. The van der Waals surface area contributed by atoms with Crippen molar-refractivity contribution >= 4 is 32.7 Å². The van der Waals surface area contributed by atoms with Crippen molar-refractivity contribution in [3.8, 4) is 0 Å². The lowest BCUT2D eigenvalue weighted by atomic mass is 9.95. The highest BCUT2D eigenvalue weighted by molar-refractivity contribution is 6.05. The van der Waals surface area contributed by atoms with Crippen LogP contribution < -0.4 is 0 Å². The molecule has 0 unspecified atom stereocenters. The minimum Gasteiger partial charge on any atom is -0.456 e. The van der Waals surface area contributed by atoms with Crippen LogP contribution in [0.5, 0.6) is 0 Å². The molecule has 2 heteroatoms. The quantitative estimate of drug-likeness (QED) is 0.444. The zero-order valence-electron chi connectivity index (χ0n) is 13.5. The summed E-state index contributed by atoms with van der Waals surface area (Å²) in [6.45, 7) is 0. The van der Waals surface area contributed by atoms with Crippen molar-refractivity contribution in [2.75, 3.05) is 0 Å². The van der Waals surface area contributed by atoms with E-state index in [1.54, 1.807) is 0 Å². The zero-order valence-corrected chi connectivity index (χ0v) is 13.5. The topological polar surface area (TPSA) is 33.4 Å². The van der Waals surface area contributed by atoms with Crippen LogP contribution in [-0.2, 0) is 0 Å². The number of fused-ring (bicyclic) bond motifs is 4. The molecule has 0 fully saturated rings. The second kappa shape index (κ2) is 5.47. The molecule has 1 aromatic heterocycles. The van der Waals surface area contributed by atoms with E-state index in [1.807, 2.05) is 66.7 Å². The Labute approximate surface area is 144 Å². The van der Waals surface area contributed by atoms with E-state index < -0.39 is 6.10 Å². The van der Waals surface area contributed by atoms with Crippen molar-refractivity contribution in [3.63, 3.8) is 0 Å². The maximum Gasteiger partial charge on any atom is 0.135 e. The molecule has 0 aliphatic heterocycles. The van der Waals surface area contributed by atoms with E-state index >= 15 is 0 Å². The molecule has 5 rings (SSSR count). The van der Waals surface area contributed by atoms with Crippen molar-refractivity contribution in [3.05, 3.63) is 96.1 Å². The van der Waals surface area contributed by atoms with Crippen molar-refractivity contribution < 1.29 is 9.52 Å². The highest BCUT2D eigenvalue weighted by atomic mass is 16.3. The Morgan fingerprint density at radius 2 is 1.36 bits per heavy atom. The van der Waals surface area contributed by atoms with E-state index in [1.165, 1.54) is 0 Å². The van der Waals surface area contributed by atoms with Gasteiger partial charge in [-0.25, -0.2) is 0 Å². The number of aliphatic hydroxyl groups excluding tert-OH is 1. The molecule has 0 bridgehead atoms. The van der Waals surface area contributed by atoms with Gasteiger partial charge in [-0.2, -0.15) is 0 Å². The molecule has 1 heterocycles. The van der Waals surface area contributed by atoms with E-state index in [2.05, 4.69) is 18.2 Å². The van der Waals surface area contributed by atoms with Gasteiger partial charge in [0.15, 0.2) is 0 Å². The van der Waals surface area contributed by atoms with Gasteiger partial charge in [-0.1, -0.05) is 72.8 Å². The molecular weight excluding hydrogens is 308 g/mol. The van der Waals surface area contributed by atoms with Gasteiger partial charge in [0.25, 0.3) is 0 Å². The fourth-order valence-electron chi connectivity index (χ4n) is 3.58. The lowest BCUT2D eigenvalue weighted by Gasteiger charge is -2.14. The van der Waals surface area contributed by atoms with E-state index in [0.717, 1.165) is 43.8 Å². The first-order chi connectivity index (χ1) is 12.3. The SMILES string of the molecule is O[C@H](c1ccc2c(c1)oc1ccccc12)c1cccc2ccccc12. The van der Waals surface area contributed by atoms with Crippen molar-refractivity contribution in [1.29, 1.82) is 0 Å². The summed E-state index contributed by atoms with van der Waals surface area (Å²) < 4.78 is 5.96.